The number of aryl methyl sites for hydroxylation is 1. The van der Waals surface area contributed by atoms with E-state index in [0.717, 1.165) is 15.6 Å². The Kier molecular flexibility index (Phi) is 5.39. The van der Waals surface area contributed by atoms with Gasteiger partial charge in [0.15, 0.2) is 0 Å². The predicted molar refractivity (Wildman–Crippen MR) is 86.0 cm³/mol. The lowest BCUT2D eigenvalue weighted by Crippen LogP contribution is -2.35. The predicted octanol–water partition coefficient (Wildman–Crippen LogP) is 2.41. The molecule has 0 fully saturated rings. The monoisotopic (exact) mass is 370 g/mol. The topological polar surface area (TPSA) is 59.0 Å². The van der Waals surface area contributed by atoms with Gasteiger partial charge in [0.1, 0.15) is 6.04 Å². The second-order valence-electron chi connectivity index (χ2n) is 4.62. The highest BCUT2D eigenvalue weighted by Crippen LogP contribution is 2.21. The van der Waals surface area contributed by atoms with Crippen molar-refractivity contribution in [3.05, 3.63) is 51.2 Å². The van der Waals surface area contributed by atoms with E-state index < -0.39 is 6.04 Å². The van der Waals surface area contributed by atoms with E-state index in [0.29, 0.717) is 11.6 Å². The summed E-state index contributed by atoms with van der Waals surface area (Å²) in [6.07, 6.45) is 3.49. The number of rotatable bonds is 5. The molecule has 0 bridgehead atoms. The first-order valence-corrected chi connectivity index (χ1v) is 7.56. The van der Waals surface area contributed by atoms with E-state index in [-0.39, 0.29) is 5.91 Å². The van der Waals surface area contributed by atoms with Crippen LogP contribution in [0.4, 0.5) is 0 Å². The molecule has 0 saturated carbocycles. The molecule has 1 amide bonds. The van der Waals surface area contributed by atoms with Crippen molar-refractivity contribution in [3.8, 4) is 0 Å². The first-order chi connectivity index (χ1) is 10.0. The average molecular weight is 372 g/mol. The minimum Gasteiger partial charge on any atom is -0.350 e. The highest BCUT2D eigenvalue weighted by atomic mass is 79.9. The molecule has 2 N–H and O–H groups in total. The Balaban J connectivity index is 2.03. The Labute approximate surface area is 136 Å². The summed E-state index contributed by atoms with van der Waals surface area (Å²) in [7, 11) is 3.56. The normalized spacial score (nSPS) is 12.2. The fourth-order valence-corrected chi connectivity index (χ4v) is 2.73. The summed E-state index contributed by atoms with van der Waals surface area (Å²) in [5.41, 5.74) is 1.69. The van der Waals surface area contributed by atoms with E-state index in [1.54, 1.807) is 24.0 Å². The van der Waals surface area contributed by atoms with Gasteiger partial charge in [0.05, 0.1) is 6.20 Å². The van der Waals surface area contributed by atoms with Crippen LogP contribution in [-0.2, 0) is 18.4 Å². The standard InChI is InChI=1S/C14H16BrClN4O/c1-17-13(10-7-19-20(2)8-10)14(21)18-6-9-3-4-11(15)5-12(9)16/h3-5,7-8,13,17H,6H2,1-2H3,(H,18,21). The SMILES string of the molecule is CNC(C(=O)NCc1ccc(Br)cc1Cl)c1cnn(C)c1. The van der Waals surface area contributed by atoms with E-state index in [4.69, 9.17) is 11.6 Å². The lowest BCUT2D eigenvalue weighted by atomic mass is 10.1. The second-order valence-corrected chi connectivity index (χ2v) is 5.95. The van der Waals surface area contributed by atoms with Gasteiger partial charge in [-0.1, -0.05) is 33.6 Å². The number of nitrogens with one attached hydrogen (secondary N) is 2. The molecular weight excluding hydrogens is 356 g/mol. The number of benzene rings is 1. The van der Waals surface area contributed by atoms with Gasteiger partial charge < -0.3 is 10.6 Å². The van der Waals surface area contributed by atoms with Gasteiger partial charge in [0, 0.05) is 34.8 Å². The number of halogens is 2. The molecule has 1 heterocycles. The Morgan fingerprint density at radius 3 is 2.86 bits per heavy atom. The molecule has 5 nitrogen and oxygen atoms in total. The molecular formula is C14H16BrClN4O. The van der Waals surface area contributed by atoms with Gasteiger partial charge in [-0.2, -0.15) is 5.10 Å². The Morgan fingerprint density at radius 1 is 1.52 bits per heavy atom. The van der Waals surface area contributed by atoms with Gasteiger partial charge >= 0.3 is 0 Å². The van der Waals surface area contributed by atoms with Crippen molar-refractivity contribution in [2.45, 2.75) is 12.6 Å². The van der Waals surface area contributed by atoms with Gasteiger partial charge in [0.2, 0.25) is 5.91 Å². The molecule has 0 spiro atoms. The van der Waals surface area contributed by atoms with E-state index in [1.807, 2.05) is 25.4 Å². The maximum atomic E-state index is 12.3. The molecule has 0 aliphatic rings. The van der Waals surface area contributed by atoms with Crippen LogP contribution in [0.15, 0.2) is 35.1 Å². The van der Waals surface area contributed by atoms with E-state index in [1.165, 1.54) is 0 Å². The third-order valence-corrected chi connectivity index (χ3v) is 3.92. The number of amides is 1. The van der Waals surface area contributed by atoms with Crippen molar-refractivity contribution in [2.75, 3.05) is 7.05 Å². The van der Waals surface area contributed by atoms with Gasteiger partial charge in [-0.15, -0.1) is 0 Å². The number of hydrogen-bond donors (Lipinski definition) is 2. The van der Waals surface area contributed by atoms with Gasteiger partial charge in [-0.3, -0.25) is 9.48 Å². The summed E-state index contributed by atoms with van der Waals surface area (Å²) in [5, 5.41) is 10.6. The molecule has 1 atom stereocenters. The Bertz CT molecular complexity index is 644. The van der Waals surface area contributed by atoms with Crippen LogP contribution >= 0.6 is 27.5 Å². The van der Waals surface area contributed by atoms with Gasteiger partial charge in [0.25, 0.3) is 0 Å². The highest BCUT2D eigenvalue weighted by Gasteiger charge is 2.19. The summed E-state index contributed by atoms with van der Waals surface area (Å²) in [4.78, 5) is 12.3. The number of hydrogen-bond acceptors (Lipinski definition) is 3. The summed E-state index contributed by atoms with van der Waals surface area (Å²) < 4.78 is 2.57. The van der Waals surface area contributed by atoms with Crippen LogP contribution in [0.2, 0.25) is 5.02 Å². The molecule has 0 saturated heterocycles. The zero-order chi connectivity index (χ0) is 15.4. The summed E-state index contributed by atoms with van der Waals surface area (Å²) in [6.45, 7) is 0.378. The molecule has 1 unspecified atom stereocenters. The molecule has 2 rings (SSSR count). The van der Waals surface area contributed by atoms with Crippen LogP contribution in [0, 0.1) is 0 Å². The van der Waals surface area contributed by atoms with Crippen molar-refractivity contribution >= 4 is 33.4 Å². The first kappa shape index (κ1) is 16.0. The van der Waals surface area contributed by atoms with Crippen LogP contribution in [0.3, 0.4) is 0 Å². The fourth-order valence-electron chi connectivity index (χ4n) is 1.99. The summed E-state index contributed by atoms with van der Waals surface area (Å²) >= 11 is 9.49. The van der Waals surface area contributed by atoms with Crippen molar-refractivity contribution in [1.29, 1.82) is 0 Å². The minimum atomic E-state index is -0.437. The Morgan fingerprint density at radius 2 is 2.29 bits per heavy atom. The average Bonchev–Trinajstić information content (AvgIpc) is 2.85. The van der Waals surface area contributed by atoms with E-state index in [2.05, 4.69) is 31.7 Å². The molecule has 21 heavy (non-hydrogen) atoms. The second kappa shape index (κ2) is 7.06. The molecule has 1 aromatic carbocycles. The summed E-state index contributed by atoms with van der Waals surface area (Å²) in [5.74, 6) is -0.121. The Hall–Kier alpha value is -1.37. The van der Waals surface area contributed by atoms with Crippen molar-refractivity contribution in [3.63, 3.8) is 0 Å². The van der Waals surface area contributed by atoms with E-state index in [9.17, 15) is 4.79 Å². The zero-order valence-corrected chi connectivity index (χ0v) is 14.1. The molecule has 1 aromatic heterocycles. The number of nitrogens with zero attached hydrogens (tertiary/aromatic N) is 2. The molecule has 112 valence electrons. The molecule has 7 heteroatoms. The fraction of sp³-hybridized carbons (Fsp3) is 0.286. The number of aromatic nitrogens is 2. The molecule has 2 aromatic rings. The minimum absolute atomic E-state index is 0.121. The maximum Gasteiger partial charge on any atom is 0.242 e. The van der Waals surface area contributed by atoms with Gasteiger partial charge in [-0.25, -0.2) is 0 Å². The number of carbonyl (C=O) groups is 1. The third-order valence-electron chi connectivity index (χ3n) is 3.08. The zero-order valence-electron chi connectivity index (χ0n) is 11.7. The van der Waals surface area contributed by atoms with Crippen LogP contribution in [-0.4, -0.2) is 22.7 Å². The smallest absolute Gasteiger partial charge is 0.242 e. The first-order valence-electron chi connectivity index (χ1n) is 6.38. The quantitative estimate of drug-likeness (QED) is 0.848. The van der Waals surface area contributed by atoms with Crippen LogP contribution < -0.4 is 10.6 Å². The van der Waals surface area contributed by atoms with E-state index >= 15 is 0 Å². The number of carbonyl (C=O) groups excluding carboxylic acids is 1. The molecule has 0 radical (unpaired) electrons. The van der Waals surface area contributed by atoms with Crippen LogP contribution in [0.1, 0.15) is 17.2 Å². The molecule has 0 aliphatic heterocycles. The molecule has 0 aliphatic carbocycles. The lowest BCUT2D eigenvalue weighted by Gasteiger charge is -2.15. The number of likely N-dealkylation sites (N-methyl/N-ethyl adjacent to an activating group) is 1. The summed E-state index contributed by atoms with van der Waals surface area (Å²) in [6, 6.07) is 5.14. The van der Waals surface area contributed by atoms with Crippen molar-refractivity contribution in [2.24, 2.45) is 7.05 Å². The maximum absolute atomic E-state index is 12.3. The lowest BCUT2D eigenvalue weighted by molar-refractivity contribution is -0.123. The van der Waals surface area contributed by atoms with Crippen molar-refractivity contribution < 1.29 is 4.79 Å². The largest absolute Gasteiger partial charge is 0.350 e. The van der Waals surface area contributed by atoms with Gasteiger partial charge in [-0.05, 0) is 24.7 Å². The highest BCUT2D eigenvalue weighted by molar-refractivity contribution is 9.10. The van der Waals surface area contributed by atoms with Crippen molar-refractivity contribution in [1.82, 2.24) is 20.4 Å². The third kappa shape index (κ3) is 4.06. The van der Waals surface area contributed by atoms with Crippen LogP contribution in [0.25, 0.3) is 0 Å². The van der Waals surface area contributed by atoms with Crippen LogP contribution in [0.5, 0.6) is 0 Å².